The van der Waals surface area contributed by atoms with E-state index in [1.807, 2.05) is 42.1 Å². The van der Waals surface area contributed by atoms with Gasteiger partial charge in [0.15, 0.2) is 18.1 Å². The smallest absolute Gasteiger partial charge is 0.198 e. The van der Waals surface area contributed by atoms with Gasteiger partial charge in [-0.05, 0) is 12.5 Å². The summed E-state index contributed by atoms with van der Waals surface area (Å²) in [6.45, 7) is 2.88. The molecule has 0 aromatic heterocycles. The molecule has 1 aliphatic heterocycles. The maximum atomic E-state index is 10.0. The van der Waals surface area contributed by atoms with Crippen LogP contribution in [0.25, 0.3) is 0 Å². The highest BCUT2D eigenvalue weighted by molar-refractivity contribution is 8.12. The van der Waals surface area contributed by atoms with Crippen LogP contribution in [0.5, 0.6) is 0 Å². The average Bonchev–Trinajstić information content (AvgIpc) is 2.66. The summed E-state index contributed by atoms with van der Waals surface area (Å²) in [6, 6.07) is 10.4. The van der Waals surface area contributed by atoms with Crippen LogP contribution in [-0.4, -0.2) is 33.6 Å². The molecule has 15 heavy (non-hydrogen) atoms. The summed E-state index contributed by atoms with van der Waals surface area (Å²) in [5.41, 5.74) is 3.12. The van der Waals surface area contributed by atoms with Crippen molar-refractivity contribution in [2.75, 3.05) is 12.3 Å². The van der Waals surface area contributed by atoms with Crippen LogP contribution in [0.3, 0.4) is 0 Å². The first-order valence-electron chi connectivity index (χ1n) is 5.21. The first kappa shape index (κ1) is 10.7. The fourth-order valence-electron chi connectivity index (χ4n) is 1.68. The van der Waals surface area contributed by atoms with Crippen molar-refractivity contribution in [3.63, 3.8) is 0 Å². The number of rotatable bonds is 3. The molecule has 0 bridgehead atoms. The zero-order chi connectivity index (χ0) is 10.7. The molecule has 0 saturated carbocycles. The van der Waals surface area contributed by atoms with Gasteiger partial charge in [0.25, 0.3) is 0 Å². The molecule has 1 aliphatic rings. The number of nitrogens with zero attached hydrogens (tertiary/aromatic N) is 1. The molecule has 1 aromatic carbocycles. The van der Waals surface area contributed by atoms with Gasteiger partial charge in [0.05, 0.1) is 5.75 Å². The van der Waals surface area contributed by atoms with Crippen molar-refractivity contribution in [2.24, 2.45) is 0 Å². The third-order valence-electron chi connectivity index (χ3n) is 2.68. The molecule has 0 aliphatic carbocycles. The fraction of sp³-hybridized carbons (Fsp3) is 0.417. The summed E-state index contributed by atoms with van der Waals surface area (Å²) in [5, 5.41) is 10.0. The topological polar surface area (TPSA) is 23.2 Å². The summed E-state index contributed by atoms with van der Waals surface area (Å²) in [4.78, 5) is 0. The first-order chi connectivity index (χ1) is 7.27. The van der Waals surface area contributed by atoms with Crippen LogP contribution >= 0.6 is 11.8 Å². The van der Waals surface area contributed by atoms with Gasteiger partial charge in [-0.1, -0.05) is 42.1 Å². The third kappa shape index (κ3) is 2.61. The summed E-state index contributed by atoms with van der Waals surface area (Å²) < 4.78 is 2.21. The Morgan fingerprint density at radius 2 is 2.20 bits per heavy atom. The van der Waals surface area contributed by atoms with Gasteiger partial charge in [-0.3, -0.25) is 0 Å². The lowest BCUT2D eigenvalue weighted by Crippen LogP contribution is -2.25. The van der Waals surface area contributed by atoms with Gasteiger partial charge in [-0.2, -0.15) is 0 Å². The van der Waals surface area contributed by atoms with E-state index in [1.54, 1.807) is 0 Å². The molecule has 0 unspecified atom stereocenters. The molecule has 3 heteroatoms. The minimum absolute atomic E-state index is 0.386. The molecule has 1 N–H and O–H groups in total. The Morgan fingerprint density at radius 3 is 2.80 bits per heavy atom. The van der Waals surface area contributed by atoms with Gasteiger partial charge in [0.1, 0.15) is 6.10 Å². The zero-order valence-electron chi connectivity index (χ0n) is 8.84. The van der Waals surface area contributed by atoms with E-state index in [2.05, 4.69) is 17.0 Å². The van der Waals surface area contributed by atoms with E-state index in [1.165, 1.54) is 0 Å². The second kappa shape index (κ2) is 4.81. The summed E-state index contributed by atoms with van der Waals surface area (Å²) in [6.07, 6.45) is -0.386. The molecule has 0 amide bonds. The van der Waals surface area contributed by atoms with Gasteiger partial charge in [-0.25, -0.2) is 4.58 Å². The average molecular weight is 222 g/mol. The number of aliphatic hydroxyl groups is 1. The van der Waals surface area contributed by atoms with E-state index in [-0.39, 0.29) is 6.10 Å². The Kier molecular flexibility index (Phi) is 3.44. The van der Waals surface area contributed by atoms with Crippen molar-refractivity contribution in [3.8, 4) is 0 Å². The normalized spacial score (nSPS) is 22.5. The molecule has 0 saturated heterocycles. The Morgan fingerprint density at radius 1 is 1.47 bits per heavy atom. The van der Waals surface area contributed by atoms with Crippen LogP contribution in [0.1, 0.15) is 18.6 Å². The number of hydrogen-bond acceptors (Lipinski definition) is 2. The predicted molar refractivity (Wildman–Crippen MR) is 64.5 cm³/mol. The molecule has 0 fully saturated rings. The molecular weight excluding hydrogens is 206 g/mol. The van der Waals surface area contributed by atoms with Crippen LogP contribution in [0.2, 0.25) is 0 Å². The fourth-order valence-corrected chi connectivity index (χ4v) is 2.72. The van der Waals surface area contributed by atoms with Crippen molar-refractivity contribution in [3.05, 3.63) is 35.9 Å². The molecule has 0 spiro atoms. The Balaban J connectivity index is 2.01. The monoisotopic (exact) mass is 222 g/mol. The minimum Gasteiger partial charge on any atom is -0.382 e. The van der Waals surface area contributed by atoms with Crippen LogP contribution in [0.15, 0.2) is 30.3 Å². The lowest BCUT2D eigenvalue weighted by atomic mass is 10.1. The lowest BCUT2D eigenvalue weighted by Gasteiger charge is -2.10. The third-order valence-corrected chi connectivity index (χ3v) is 3.78. The summed E-state index contributed by atoms with van der Waals surface area (Å²) in [5.74, 6) is 1.13. The van der Waals surface area contributed by atoms with Gasteiger partial charge >= 0.3 is 0 Å². The Bertz CT molecular complexity index is 350. The first-order valence-corrected chi connectivity index (χ1v) is 6.26. The van der Waals surface area contributed by atoms with Crippen molar-refractivity contribution in [1.29, 1.82) is 0 Å². The van der Waals surface area contributed by atoms with Gasteiger partial charge < -0.3 is 5.11 Å². The van der Waals surface area contributed by atoms with Crippen LogP contribution in [-0.2, 0) is 0 Å². The van der Waals surface area contributed by atoms with E-state index in [4.69, 9.17) is 0 Å². The van der Waals surface area contributed by atoms with Crippen LogP contribution in [0.4, 0.5) is 0 Å². The van der Waals surface area contributed by atoms with E-state index in [0.717, 1.165) is 11.3 Å². The van der Waals surface area contributed by atoms with E-state index < -0.39 is 0 Å². The Labute approximate surface area is 94.6 Å². The molecule has 0 radical (unpaired) electrons. The second-order valence-electron chi connectivity index (χ2n) is 3.91. The second-order valence-corrected chi connectivity index (χ2v) is 4.79. The maximum absolute atomic E-state index is 10.0. The molecule has 2 atom stereocenters. The van der Waals surface area contributed by atoms with Crippen molar-refractivity contribution >= 4 is 17.3 Å². The molecule has 80 valence electrons. The predicted octanol–water partition coefficient (Wildman–Crippen LogP) is 1.90. The van der Waals surface area contributed by atoms with Gasteiger partial charge in [0.2, 0.25) is 0 Å². The highest BCUT2D eigenvalue weighted by Crippen LogP contribution is 2.17. The maximum Gasteiger partial charge on any atom is 0.198 e. The summed E-state index contributed by atoms with van der Waals surface area (Å²) in [7, 11) is 0. The molecule has 2 nitrogen and oxygen atoms in total. The Hall–Kier alpha value is -0.800. The number of aliphatic hydroxyl groups excluding tert-OH is 1. The van der Waals surface area contributed by atoms with Crippen molar-refractivity contribution in [1.82, 2.24) is 0 Å². The molecule has 2 rings (SSSR count). The van der Waals surface area contributed by atoms with Gasteiger partial charge in [0, 0.05) is 0 Å². The van der Waals surface area contributed by atoms with Gasteiger partial charge in [-0.15, -0.1) is 0 Å². The van der Waals surface area contributed by atoms with E-state index in [0.29, 0.717) is 12.6 Å². The zero-order valence-corrected chi connectivity index (χ0v) is 9.65. The van der Waals surface area contributed by atoms with Crippen LogP contribution in [0, 0.1) is 0 Å². The molecule has 1 heterocycles. The highest BCUT2D eigenvalue weighted by Gasteiger charge is 2.24. The van der Waals surface area contributed by atoms with Crippen molar-refractivity contribution in [2.45, 2.75) is 19.1 Å². The molecular formula is C12H16NOS+. The largest absolute Gasteiger partial charge is 0.382 e. The number of β-amino-alcohol motifs (C(OH)–C–C–N with tert-alkyl or cyclic N) is 1. The lowest BCUT2D eigenvalue weighted by molar-refractivity contribution is -0.557. The summed E-state index contributed by atoms with van der Waals surface area (Å²) >= 11 is 1.82. The SMILES string of the molecule is C[C@@H]1CSC=[N+]1C[C@@H](O)c1ccccc1. The van der Waals surface area contributed by atoms with Crippen LogP contribution < -0.4 is 0 Å². The standard InChI is InChI=1S/C12H16NOS/c1-10-8-15-9-13(10)7-12(14)11-5-3-2-4-6-11/h2-6,9-10,12,14H,7-8H2,1H3/q+1/t10-,12-/m1/s1. The highest BCUT2D eigenvalue weighted by atomic mass is 32.2. The van der Waals surface area contributed by atoms with E-state index >= 15 is 0 Å². The minimum atomic E-state index is -0.386. The molecule has 1 aromatic rings. The quantitative estimate of drug-likeness (QED) is 0.789. The number of thioether (sulfide) groups is 1. The number of hydrogen-bond donors (Lipinski definition) is 1. The van der Waals surface area contributed by atoms with Crippen molar-refractivity contribution < 1.29 is 9.68 Å². The van der Waals surface area contributed by atoms with E-state index in [9.17, 15) is 5.11 Å². The number of benzene rings is 1.